The minimum absolute atomic E-state index is 0.0344. The Labute approximate surface area is 191 Å². The second-order valence-corrected chi connectivity index (χ2v) is 8.00. The van der Waals surface area contributed by atoms with Crippen LogP contribution in [0.25, 0.3) is 0 Å². The first-order valence-corrected chi connectivity index (χ1v) is 10.9. The van der Waals surface area contributed by atoms with E-state index in [2.05, 4.69) is 0 Å². The van der Waals surface area contributed by atoms with Crippen molar-refractivity contribution >= 4 is 18.1 Å². The van der Waals surface area contributed by atoms with E-state index in [4.69, 9.17) is 0 Å². The molecule has 9 heteroatoms. The van der Waals surface area contributed by atoms with Crippen LogP contribution in [0.2, 0.25) is 0 Å². The number of hydrogen-bond acceptors (Lipinski definition) is 4. The molecule has 6 nitrogen and oxygen atoms in total. The zero-order valence-corrected chi connectivity index (χ0v) is 18.6. The lowest BCUT2D eigenvalue weighted by Crippen LogP contribution is -2.58. The highest BCUT2D eigenvalue weighted by atomic mass is 19.4. The molecule has 1 aliphatic rings. The molecule has 0 aliphatic carbocycles. The van der Waals surface area contributed by atoms with Gasteiger partial charge in [0.1, 0.15) is 6.17 Å². The number of aromatic carboxylic acids is 1. The molecule has 0 saturated carbocycles. The van der Waals surface area contributed by atoms with Crippen LogP contribution in [-0.2, 0) is 11.0 Å². The molecule has 0 radical (unpaired) electrons. The Bertz CT molecular complexity index is 944. The molecule has 1 fully saturated rings. The zero-order valence-electron chi connectivity index (χ0n) is 18.6. The highest BCUT2D eigenvalue weighted by Gasteiger charge is 2.35. The number of rotatable bonds is 8. The van der Waals surface area contributed by atoms with Gasteiger partial charge in [0.05, 0.1) is 11.1 Å². The van der Waals surface area contributed by atoms with Crippen molar-refractivity contribution in [3.8, 4) is 0 Å². The van der Waals surface area contributed by atoms with Crippen molar-refractivity contribution < 1.29 is 27.9 Å². The highest BCUT2D eigenvalue weighted by Crippen LogP contribution is 2.36. The predicted octanol–water partition coefficient (Wildman–Crippen LogP) is 4.83. The molecule has 1 saturated heterocycles. The molecule has 1 unspecified atom stereocenters. The van der Waals surface area contributed by atoms with E-state index in [1.165, 1.54) is 24.3 Å². The molecule has 2 atom stereocenters. The van der Waals surface area contributed by atoms with E-state index in [0.29, 0.717) is 32.5 Å². The molecule has 0 bridgehead atoms. The molecule has 0 aromatic heterocycles. The summed E-state index contributed by atoms with van der Waals surface area (Å²) in [4.78, 5) is 25.3. The molecule has 1 heterocycles. The summed E-state index contributed by atoms with van der Waals surface area (Å²) in [5, 5.41) is 12.8. The average Bonchev–Trinajstić information content (AvgIpc) is 2.82. The lowest BCUT2D eigenvalue weighted by Gasteiger charge is -2.48. The minimum atomic E-state index is -4.39. The van der Waals surface area contributed by atoms with E-state index >= 15 is 0 Å². The monoisotopic (exact) mass is 463 g/mol. The maximum Gasteiger partial charge on any atom is 0.416 e. The summed E-state index contributed by atoms with van der Waals surface area (Å²) in [5.74, 6) is -1.06. The van der Waals surface area contributed by atoms with Gasteiger partial charge in [-0.05, 0) is 54.8 Å². The molecule has 2 aromatic carbocycles. The number of hydrogen-bond donors (Lipinski definition) is 1. The van der Waals surface area contributed by atoms with Crippen LogP contribution in [-0.4, -0.2) is 53.3 Å². The van der Waals surface area contributed by atoms with Crippen LogP contribution in [0.5, 0.6) is 0 Å². The highest BCUT2D eigenvalue weighted by molar-refractivity contribution is 5.88. The van der Waals surface area contributed by atoms with E-state index in [-0.39, 0.29) is 17.6 Å². The third-order valence-electron chi connectivity index (χ3n) is 6.18. The first-order valence-electron chi connectivity index (χ1n) is 10.9. The summed E-state index contributed by atoms with van der Waals surface area (Å²) in [6.07, 6.45) is -2.56. The number of hydrazine groups is 1. The van der Waals surface area contributed by atoms with E-state index in [1.807, 2.05) is 23.8 Å². The van der Waals surface area contributed by atoms with Gasteiger partial charge in [-0.15, -0.1) is 0 Å². The van der Waals surface area contributed by atoms with Gasteiger partial charge in [0.2, 0.25) is 6.41 Å². The summed E-state index contributed by atoms with van der Waals surface area (Å²) in [6, 6.07) is 11.7. The van der Waals surface area contributed by atoms with Crippen LogP contribution in [0.4, 0.5) is 18.9 Å². The molecule has 1 amide bonds. The van der Waals surface area contributed by atoms with Crippen molar-refractivity contribution in [3.05, 3.63) is 65.2 Å². The van der Waals surface area contributed by atoms with Crippen LogP contribution < -0.4 is 4.90 Å². The first-order chi connectivity index (χ1) is 15.7. The maximum absolute atomic E-state index is 13.0. The quantitative estimate of drug-likeness (QED) is 0.449. The van der Waals surface area contributed by atoms with Gasteiger partial charge >= 0.3 is 12.1 Å². The number of carboxylic acid groups (broad SMARTS) is 1. The Morgan fingerprint density at radius 2 is 1.67 bits per heavy atom. The molecule has 2 aromatic rings. The zero-order chi connectivity index (χ0) is 24.2. The van der Waals surface area contributed by atoms with Crippen molar-refractivity contribution in [2.45, 2.75) is 44.9 Å². The molecular formula is C24H28F3N3O3. The number of halogens is 3. The molecule has 1 aliphatic heterocycles. The number of carbonyl (C=O) groups excluding carboxylic acids is 1. The molecule has 3 rings (SSSR count). The molecular weight excluding hydrogens is 435 g/mol. The summed E-state index contributed by atoms with van der Waals surface area (Å²) < 4.78 is 38.9. The Balaban J connectivity index is 1.93. The van der Waals surface area contributed by atoms with Gasteiger partial charge in [0.25, 0.3) is 0 Å². The van der Waals surface area contributed by atoms with Crippen LogP contribution in [0.3, 0.4) is 0 Å². The number of alkyl halides is 3. The Hall–Kier alpha value is -3.07. The van der Waals surface area contributed by atoms with Crippen LogP contribution in [0.15, 0.2) is 48.5 Å². The summed E-state index contributed by atoms with van der Waals surface area (Å²) in [6.45, 7) is 5.67. The van der Waals surface area contributed by atoms with Crippen molar-refractivity contribution in [1.82, 2.24) is 10.0 Å². The van der Waals surface area contributed by atoms with Gasteiger partial charge in [0, 0.05) is 31.2 Å². The number of amides is 1. The standard InChI is InChI=1S/C24H28F3N3O3/c1-3-28(4-2)30(16-31)22-14-9-19(17-5-10-20(11-6-17)24(25,26)27)15-29(22)21-12-7-18(8-13-21)23(32)33/h5-8,10-13,16,19,22H,3-4,9,14-15H2,1-2H3,(H,32,33)/t19?,22-/m0/s1. The van der Waals surface area contributed by atoms with Crippen LogP contribution in [0, 0.1) is 0 Å². The fourth-order valence-corrected chi connectivity index (χ4v) is 4.40. The fourth-order valence-electron chi connectivity index (χ4n) is 4.40. The summed E-state index contributed by atoms with van der Waals surface area (Å²) >= 11 is 0. The number of carbonyl (C=O) groups is 2. The molecule has 178 valence electrons. The maximum atomic E-state index is 13.0. The first kappa shape index (κ1) is 24.6. The van der Waals surface area contributed by atoms with E-state index in [0.717, 1.165) is 29.8 Å². The molecule has 1 N–H and O–H groups in total. The van der Waals surface area contributed by atoms with E-state index < -0.39 is 17.7 Å². The predicted molar refractivity (Wildman–Crippen MR) is 119 cm³/mol. The van der Waals surface area contributed by atoms with Crippen LogP contribution >= 0.6 is 0 Å². The van der Waals surface area contributed by atoms with Crippen LogP contribution in [0.1, 0.15) is 54.1 Å². The number of nitrogens with zero attached hydrogens (tertiary/aromatic N) is 3. The van der Waals surface area contributed by atoms with Gasteiger partial charge in [-0.3, -0.25) is 9.80 Å². The number of carboxylic acids is 1. The number of benzene rings is 2. The Morgan fingerprint density at radius 3 is 2.15 bits per heavy atom. The van der Waals surface area contributed by atoms with Crippen molar-refractivity contribution in [2.24, 2.45) is 0 Å². The minimum Gasteiger partial charge on any atom is -0.478 e. The third-order valence-corrected chi connectivity index (χ3v) is 6.18. The van der Waals surface area contributed by atoms with Gasteiger partial charge in [-0.25, -0.2) is 9.80 Å². The third kappa shape index (κ3) is 5.47. The SMILES string of the molecule is CCN(CC)N(C=O)[C@H]1CCC(c2ccc(C(F)(F)F)cc2)CN1c1ccc(C(=O)O)cc1. The van der Waals surface area contributed by atoms with E-state index in [9.17, 15) is 27.9 Å². The lowest BCUT2D eigenvalue weighted by molar-refractivity contribution is -0.141. The number of piperidine rings is 1. The second-order valence-electron chi connectivity index (χ2n) is 8.00. The molecule has 0 spiro atoms. The van der Waals surface area contributed by atoms with E-state index in [1.54, 1.807) is 17.1 Å². The number of anilines is 1. The Kier molecular flexibility index (Phi) is 7.63. The fraction of sp³-hybridized carbons (Fsp3) is 0.417. The average molecular weight is 464 g/mol. The van der Waals surface area contributed by atoms with Gasteiger partial charge in [-0.2, -0.15) is 13.2 Å². The largest absolute Gasteiger partial charge is 0.478 e. The molecule has 33 heavy (non-hydrogen) atoms. The van der Waals surface area contributed by atoms with Crippen molar-refractivity contribution in [3.63, 3.8) is 0 Å². The second kappa shape index (κ2) is 10.2. The van der Waals surface area contributed by atoms with Crippen molar-refractivity contribution in [1.29, 1.82) is 0 Å². The summed E-state index contributed by atoms with van der Waals surface area (Å²) in [7, 11) is 0. The summed E-state index contributed by atoms with van der Waals surface area (Å²) in [5.41, 5.74) is 1.02. The Morgan fingerprint density at radius 1 is 1.06 bits per heavy atom. The lowest BCUT2D eigenvalue weighted by atomic mass is 9.88. The van der Waals surface area contributed by atoms with Crippen molar-refractivity contribution in [2.75, 3.05) is 24.5 Å². The smallest absolute Gasteiger partial charge is 0.416 e. The normalized spacial score (nSPS) is 18.9. The van der Waals surface area contributed by atoms with Gasteiger partial charge < -0.3 is 10.0 Å². The van der Waals surface area contributed by atoms with Gasteiger partial charge in [0.15, 0.2) is 0 Å². The van der Waals surface area contributed by atoms with Gasteiger partial charge in [-0.1, -0.05) is 26.0 Å². The topological polar surface area (TPSA) is 64.1 Å².